The zero-order valence-electron chi connectivity index (χ0n) is 17.1. The lowest BCUT2D eigenvalue weighted by Crippen LogP contribution is -2.09. The van der Waals surface area contributed by atoms with Gasteiger partial charge in [0.1, 0.15) is 11.6 Å². The Labute approximate surface area is 174 Å². The fourth-order valence-corrected chi connectivity index (χ4v) is 2.75. The molecule has 0 atom stereocenters. The highest BCUT2D eigenvalue weighted by molar-refractivity contribution is 5.87. The standard InChI is InChI=1S/C21H24N6O3/c1-4-30-20(28)10-7-16-13-24-27(14(16)2)19-11-18(25-21(22)26-19)23-12-15-5-8-17(29-3)9-6-15/h5-11,13H,4,12H2,1-3H3,(H3,22,23,25,26)/b10-7+. The molecule has 0 aliphatic rings. The normalized spacial score (nSPS) is 10.9. The van der Waals surface area contributed by atoms with Crippen molar-refractivity contribution < 1.29 is 14.3 Å². The van der Waals surface area contributed by atoms with E-state index >= 15 is 0 Å². The van der Waals surface area contributed by atoms with Crippen molar-refractivity contribution in [3.8, 4) is 11.6 Å². The van der Waals surface area contributed by atoms with Crippen LogP contribution in [-0.2, 0) is 16.1 Å². The molecule has 30 heavy (non-hydrogen) atoms. The number of esters is 1. The van der Waals surface area contributed by atoms with E-state index in [1.54, 1.807) is 37.1 Å². The number of nitrogens with one attached hydrogen (secondary N) is 1. The topological polar surface area (TPSA) is 117 Å². The quantitative estimate of drug-likeness (QED) is 0.432. The Morgan fingerprint density at radius 2 is 2.03 bits per heavy atom. The Bertz CT molecular complexity index is 1040. The minimum absolute atomic E-state index is 0.128. The molecular weight excluding hydrogens is 384 g/mol. The molecule has 3 N–H and O–H groups in total. The van der Waals surface area contributed by atoms with Crippen LogP contribution in [0.2, 0.25) is 0 Å². The monoisotopic (exact) mass is 408 g/mol. The van der Waals surface area contributed by atoms with Crippen LogP contribution in [0.15, 0.2) is 42.6 Å². The van der Waals surface area contributed by atoms with E-state index in [9.17, 15) is 4.79 Å². The number of methoxy groups -OCH3 is 1. The lowest BCUT2D eigenvalue weighted by atomic mass is 10.2. The molecule has 3 aromatic rings. The number of nitrogen functional groups attached to an aromatic ring is 1. The van der Waals surface area contributed by atoms with E-state index < -0.39 is 5.97 Å². The van der Waals surface area contributed by atoms with Crippen LogP contribution >= 0.6 is 0 Å². The van der Waals surface area contributed by atoms with E-state index in [4.69, 9.17) is 15.2 Å². The van der Waals surface area contributed by atoms with Crippen LogP contribution in [-0.4, -0.2) is 39.4 Å². The Kier molecular flexibility index (Phi) is 6.63. The molecule has 0 saturated heterocycles. The summed E-state index contributed by atoms with van der Waals surface area (Å²) in [5.74, 6) is 1.62. The van der Waals surface area contributed by atoms with Gasteiger partial charge in [0.05, 0.1) is 25.6 Å². The summed E-state index contributed by atoms with van der Waals surface area (Å²) < 4.78 is 11.7. The number of carbonyl (C=O) groups excluding carboxylic acids is 1. The number of hydrogen-bond donors (Lipinski definition) is 2. The molecule has 9 nitrogen and oxygen atoms in total. The molecule has 0 radical (unpaired) electrons. The van der Waals surface area contributed by atoms with Crippen molar-refractivity contribution in [2.75, 3.05) is 24.8 Å². The number of ether oxygens (including phenoxy) is 2. The van der Waals surface area contributed by atoms with Crippen molar-refractivity contribution in [3.63, 3.8) is 0 Å². The summed E-state index contributed by atoms with van der Waals surface area (Å²) >= 11 is 0. The van der Waals surface area contributed by atoms with Gasteiger partial charge in [-0.15, -0.1) is 0 Å². The van der Waals surface area contributed by atoms with E-state index in [0.29, 0.717) is 24.8 Å². The van der Waals surface area contributed by atoms with Crippen molar-refractivity contribution in [1.29, 1.82) is 0 Å². The van der Waals surface area contributed by atoms with E-state index in [0.717, 1.165) is 22.6 Å². The predicted molar refractivity (Wildman–Crippen MR) is 114 cm³/mol. The molecule has 156 valence electrons. The highest BCUT2D eigenvalue weighted by Gasteiger charge is 2.11. The molecule has 9 heteroatoms. The van der Waals surface area contributed by atoms with Gasteiger partial charge in [-0.05, 0) is 37.6 Å². The third-order valence-electron chi connectivity index (χ3n) is 4.31. The maximum atomic E-state index is 11.5. The van der Waals surface area contributed by atoms with Gasteiger partial charge in [0.25, 0.3) is 0 Å². The number of nitrogens with two attached hydrogens (primary N) is 1. The molecule has 0 unspecified atom stereocenters. The van der Waals surface area contributed by atoms with Gasteiger partial charge < -0.3 is 20.5 Å². The van der Waals surface area contributed by atoms with Crippen LogP contribution in [0.4, 0.5) is 11.8 Å². The SMILES string of the molecule is CCOC(=O)/C=C/c1cnn(-c2cc(NCc3ccc(OC)cc3)nc(N)n2)c1C. The van der Waals surface area contributed by atoms with Gasteiger partial charge in [-0.2, -0.15) is 15.1 Å². The van der Waals surface area contributed by atoms with Gasteiger partial charge in [-0.3, -0.25) is 0 Å². The first-order valence-electron chi connectivity index (χ1n) is 9.41. The number of hydrogen-bond acceptors (Lipinski definition) is 8. The lowest BCUT2D eigenvalue weighted by molar-refractivity contribution is -0.137. The molecule has 1 aromatic carbocycles. The van der Waals surface area contributed by atoms with Gasteiger partial charge in [-0.1, -0.05) is 12.1 Å². The number of aromatic nitrogens is 4. The fraction of sp³-hybridized carbons (Fsp3) is 0.238. The first kappa shape index (κ1) is 20.8. The Morgan fingerprint density at radius 3 is 2.73 bits per heavy atom. The van der Waals surface area contributed by atoms with E-state index in [-0.39, 0.29) is 5.95 Å². The summed E-state index contributed by atoms with van der Waals surface area (Å²) in [5, 5.41) is 7.60. The minimum Gasteiger partial charge on any atom is -0.497 e. The summed E-state index contributed by atoms with van der Waals surface area (Å²) in [6.45, 7) is 4.52. The zero-order chi connectivity index (χ0) is 21.5. The highest BCUT2D eigenvalue weighted by atomic mass is 16.5. The third kappa shape index (κ3) is 5.13. The number of carbonyl (C=O) groups is 1. The van der Waals surface area contributed by atoms with Gasteiger partial charge in [-0.25, -0.2) is 9.48 Å². The maximum Gasteiger partial charge on any atom is 0.330 e. The molecule has 0 aliphatic carbocycles. The average molecular weight is 408 g/mol. The van der Waals surface area contributed by atoms with E-state index in [1.165, 1.54) is 6.08 Å². The Hall–Kier alpha value is -3.88. The Balaban J connectivity index is 1.77. The smallest absolute Gasteiger partial charge is 0.330 e. The van der Waals surface area contributed by atoms with Crippen LogP contribution in [0.1, 0.15) is 23.7 Å². The van der Waals surface area contributed by atoms with Crippen molar-refractivity contribution in [2.45, 2.75) is 20.4 Å². The van der Waals surface area contributed by atoms with Crippen molar-refractivity contribution in [1.82, 2.24) is 19.7 Å². The van der Waals surface area contributed by atoms with Crippen LogP contribution in [0.3, 0.4) is 0 Å². The van der Waals surface area contributed by atoms with Crippen molar-refractivity contribution >= 4 is 23.8 Å². The van der Waals surface area contributed by atoms with E-state index in [1.807, 2.05) is 31.2 Å². The second-order valence-electron chi connectivity index (χ2n) is 6.35. The third-order valence-corrected chi connectivity index (χ3v) is 4.31. The molecule has 3 rings (SSSR count). The van der Waals surface area contributed by atoms with Gasteiger partial charge >= 0.3 is 5.97 Å². The van der Waals surface area contributed by atoms with Crippen molar-refractivity contribution in [2.24, 2.45) is 0 Å². The summed E-state index contributed by atoms with van der Waals surface area (Å²) in [5.41, 5.74) is 8.54. The number of nitrogens with zero attached hydrogens (tertiary/aromatic N) is 4. The average Bonchev–Trinajstić information content (AvgIpc) is 3.11. The van der Waals surface area contributed by atoms with Crippen LogP contribution in [0.5, 0.6) is 5.75 Å². The molecule has 0 aliphatic heterocycles. The molecule has 0 amide bonds. The summed E-state index contributed by atoms with van der Waals surface area (Å²) in [7, 11) is 1.63. The van der Waals surface area contributed by atoms with Gasteiger partial charge in [0.2, 0.25) is 5.95 Å². The summed E-state index contributed by atoms with van der Waals surface area (Å²) in [4.78, 5) is 20.0. The number of rotatable bonds is 8. The van der Waals surface area contributed by atoms with Crippen LogP contribution < -0.4 is 15.8 Å². The molecule has 2 heterocycles. The Morgan fingerprint density at radius 1 is 1.27 bits per heavy atom. The molecule has 2 aromatic heterocycles. The lowest BCUT2D eigenvalue weighted by Gasteiger charge is -2.10. The summed E-state index contributed by atoms with van der Waals surface area (Å²) in [6.07, 6.45) is 4.67. The first-order chi connectivity index (χ1) is 14.5. The second-order valence-corrected chi connectivity index (χ2v) is 6.35. The largest absolute Gasteiger partial charge is 0.497 e. The maximum absolute atomic E-state index is 11.5. The predicted octanol–water partition coefficient (Wildman–Crippen LogP) is 2.75. The fourth-order valence-electron chi connectivity index (χ4n) is 2.75. The molecular formula is C21H24N6O3. The van der Waals surface area contributed by atoms with Crippen LogP contribution in [0.25, 0.3) is 11.9 Å². The zero-order valence-corrected chi connectivity index (χ0v) is 17.1. The van der Waals surface area contributed by atoms with Gasteiger partial charge in [0, 0.05) is 24.3 Å². The molecule has 0 fully saturated rings. The molecule has 0 spiro atoms. The molecule has 0 saturated carbocycles. The van der Waals surface area contributed by atoms with Crippen molar-refractivity contribution in [3.05, 3.63) is 59.4 Å². The molecule has 0 bridgehead atoms. The number of anilines is 2. The highest BCUT2D eigenvalue weighted by Crippen LogP contribution is 2.18. The van der Waals surface area contributed by atoms with Gasteiger partial charge in [0.15, 0.2) is 5.82 Å². The van der Waals surface area contributed by atoms with E-state index in [2.05, 4.69) is 20.4 Å². The first-order valence-corrected chi connectivity index (χ1v) is 9.41. The summed E-state index contributed by atoms with van der Waals surface area (Å²) in [6, 6.07) is 9.50. The van der Waals surface area contributed by atoms with Crippen LogP contribution in [0, 0.1) is 6.92 Å². The second kappa shape index (κ2) is 9.55. The number of benzene rings is 1. The minimum atomic E-state index is -0.402.